The van der Waals surface area contributed by atoms with E-state index in [9.17, 15) is 18.5 Å². The number of nitrogens with zero attached hydrogens (tertiary/aromatic N) is 1. The molecule has 2 rings (SSSR count). The Bertz CT molecular complexity index is 635. The minimum absolute atomic E-state index is 0.0224. The third-order valence-electron chi connectivity index (χ3n) is 3.75. The highest BCUT2D eigenvalue weighted by Crippen LogP contribution is 2.49. The number of nitrogens with one attached hydrogen (secondary N) is 2. The molecule has 1 heterocycles. The zero-order chi connectivity index (χ0) is 15.7. The summed E-state index contributed by atoms with van der Waals surface area (Å²) in [5.41, 5.74) is -0.116. The van der Waals surface area contributed by atoms with Crippen LogP contribution in [0.4, 0.5) is 10.7 Å². The molecule has 1 aliphatic carbocycles. The first-order valence-corrected chi connectivity index (χ1v) is 9.09. The van der Waals surface area contributed by atoms with Crippen molar-refractivity contribution in [2.75, 3.05) is 18.9 Å². The van der Waals surface area contributed by atoms with Crippen LogP contribution < -0.4 is 10.0 Å². The summed E-state index contributed by atoms with van der Waals surface area (Å²) in [5, 5.41) is 13.8. The van der Waals surface area contributed by atoms with E-state index in [-0.39, 0.29) is 20.3 Å². The maximum atomic E-state index is 12.3. The molecule has 0 atom stereocenters. The van der Waals surface area contributed by atoms with Gasteiger partial charge in [-0.2, -0.15) is 0 Å². The van der Waals surface area contributed by atoms with Gasteiger partial charge >= 0.3 is 5.69 Å². The summed E-state index contributed by atoms with van der Waals surface area (Å²) < 4.78 is 27.1. The van der Waals surface area contributed by atoms with Crippen LogP contribution in [0.15, 0.2) is 10.3 Å². The predicted octanol–water partition coefficient (Wildman–Crippen LogP) is 2.56. The molecule has 21 heavy (non-hydrogen) atoms. The van der Waals surface area contributed by atoms with Gasteiger partial charge in [-0.05, 0) is 24.7 Å². The fourth-order valence-corrected chi connectivity index (χ4v) is 4.83. The van der Waals surface area contributed by atoms with Crippen molar-refractivity contribution in [1.82, 2.24) is 4.72 Å². The molecule has 1 saturated carbocycles. The number of anilines is 1. The fourth-order valence-electron chi connectivity index (χ4n) is 2.35. The molecule has 0 aliphatic heterocycles. The van der Waals surface area contributed by atoms with E-state index in [0.717, 1.165) is 43.1 Å². The van der Waals surface area contributed by atoms with Gasteiger partial charge in [-0.25, -0.2) is 13.1 Å². The molecule has 2 N–H and O–H groups in total. The van der Waals surface area contributed by atoms with Crippen molar-refractivity contribution < 1.29 is 13.3 Å². The molecule has 0 aromatic carbocycles. The zero-order valence-electron chi connectivity index (χ0n) is 12.0. The molecule has 1 aromatic heterocycles. The number of hydrogen-bond donors (Lipinski definition) is 2. The van der Waals surface area contributed by atoms with Crippen molar-refractivity contribution in [2.45, 2.75) is 36.8 Å². The lowest BCUT2D eigenvalue weighted by molar-refractivity contribution is -0.383. The van der Waals surface area contributed by atoms with Gasteiger partial charge in [-0.3, -0.25) is 10.1 Å². The Hall–Kier alpha value is -1.19. The van der Waals surface area contributed by atoms with Crippen LogP contribution in [0.2, 0.25) is 0 Å². The highest BCUT2D eigenvalue weighted by molar-refractivity contribution is 7.91. The van der Waals surface area contributed by atoms with E-state index in [1.807, 2.05) is 0 Å². The van der Waals surface area contributed by atoms with Crippen LogP contribution in [0.25, 0.3) is 0 Å². The van der Waals surface area contributed by atoms with Crippen molar-refractivity contribution in [1.29, 1.82) is 0 Å². The van der Waals surface area contributed by atoms with Crippen LogP contribution in [0.1, 0.15) is 32.6 Å². The Kier molecular flexibility index (Phi) is 4.54. The topological polar surface area (TPSA) is 101 Å². The van der Waals surface area contributed by atoms with E-state index >= 15 is 0 Å². The molecule has 1 fully saturated rings. The number of sulfonamides is 1. The van der Waals surface area contributed by atoms with Crippen LogP contribution in [-0.2, 0) is 10.0 Å². The van der Waals surface area contributed by atoms with Gasteiger partial charge in [0.25, 0.3) is 0 Å². The highest BCUT2D eigenvalue weighted by Gasteiger charge is 2.42. The Morgan fingerprint density at radius 1 is 1.48 bits per heavy atom. The molecule has 7 nitrogen and oxygen atoms in total. The number of rotatable bonds is 8. The van der Waals surface area contributed by atoms with E-state index in [1.165, 1.54) is 7.05 Å². The van der Waals surface area contributed by atoms with Crippen LogP contribution in [0.5, 0.6) is 0 Å². The lowest BCUT2D eigenvalue weighted by Crippen LogP contribution is -2.29. The Balaban J connectivity index is 2.14. The highest BCUT2D eigenvalue weighted by atomic mass is 32.2. The smallest absolute Gasteiger partial charge is 0.304 e. The van der Waals surface area contributed by atoms with Gasteiger partial charge in [0.1, 0.15) is 4.21 Å². The molecule has 0 spiro atoms. The van der Waals surface area contributed by atoms with Gasteiger partial charge in [-0.1, -0.05) is 24.7 Å². The van der Waals surface area contributed by atoms with E-state index in [0.29, 0.717) is 6.54 Å². The van der Waals surface area contributed by atoms with Gasteiger partial charge in [0.05, 0.1) is 4.92 Å². The zero-order valence-corrected chi connectivity index (χ0v) is 13.6. The lowest BCUT2D eigenvalue weighted by atomic mass is 10.0. The van der Waals surface area contributed by atoms with Gasteiger partial charge < -0.3 is 5.32 Å². The van der Waals surface area contributed by atoms with Crippen LogP contribution in [-0.4, -0.2) is 26.9 Å². The summed E-state index contributed by atoms with van der Waals surface area (Å²) in [6.45, 7) is 2.49. The summed E-state index contributed by atoms with van der Waals surface area (Å²) in [7, 11) is -2.16. The average molecular weight is 333 g/mol. The van der Waals surface area contributed by atoms with Crippen molar-refractivity contribution in [3.63, 3.8) is 0 Å². The van der Waals surface area contributed by atoms with Crippen molar-refractivity contribution >= 4 is 32.0 Å². The number of nitro groups is 1. The second kappa shape index (κ2) is 5.90. The Morgan fingerprint density at radius 2 is 2.14 bits per heavy atom. The summed E-state index contributed by atoms with van der Waals surface area (Å²) in [6, 6.07) is 1.11. The monoisotopic (exact) mass is 333 g/mol. The molecule has 0 amide bonds. The summed E-state index contributed by atoms with van der Waals surface area (Å²) in [4.78, 5) is 10.3. The standard InChI is InChI=1S/C12H19N3O4S2/c1-3-4-12(5-6-12)8-14-21(18,19)10-7-9(15(16)17)11(13-2)20-10/h7,13-14H,3-6,8H2,1-2H3. The molecule has 0 saturated heterocycles. The minimum Gasteiger partial charge on any atom is -0.374 e. The Morgan fingerprint density at radius 3 is 2.57 bits per heavy atom. The number of hydrogen-bond acceptors (Lipinski definition) is 6. The summed E-state index contributed by atoms with van der Waals surface area (Å²) >= 11 is 0.876. The molecule has 0 bridgehead atoms. The summed E-state index contributed by atoms with van der Waals surface area (Å²) in [5.74, 6) is 0. The molecule has 118 valence electrons. The van der Waals surface area contributed by atoms with Crippen molar-refractivity contribution in [3.05, 3.63) is 16.2 Å². The first-order chi connectivity index (χ1) is 9.83. The molecule has 9 heteroatoms. The van der Waals surface area contributed by atoms with Crippen molar-refractivity contribution in [3.8, 4) is 0 Å². The first-order valence-electron chi connectivity index (χ1n) is 6.79. The maximum Gasteiger partial charge on any atom is 0.304 e. The third-order valence-corrected chi connectivity index (χ3v) is 6.77. The maximum absolute atomic E-state index is 12.3. The number of thiophene rings is 1. The van der Waals surface area contributed by atoms with Gasteiger partial charge in [0.15, 0.2) is 5.00 Å². The van der Waals surface area contributed by atoms with E-state index in [1.54, 1.807) is 0 Å². The lowest BCUT2D eigenvalue weighted by Gasteiger charge is -2.14. The van der Waals surface area contributed by atoms with E-state index < -0.39 is 14.9 Å². The molecule has 0 radical (unpaired) electrons. The van der Waals surface area contributed by atoms with E-state index in [4.69, 9.17) is 0 Å². The average Bonchev–Trinajstić information content (AvgIpc) is 3.03. The normalized spacial score (nSPS) is 16.7. The van der Waals surface area contributed by atoms with Crippen LogP contribution in [0.3, 0.4) is 0 Å². The van der Waals surface area contributed by atoms with Crippen LogP contribution in [0, 0.1) is 15.5 Å². The molecule has 1 aliphatic rings. The van der Waals surface area contributed by atoms with Crippen LogP contribution >= 0.6 is 11.3 Å². The fraction of sp³-hybridized carbons (Fsp3) is 0.667. The van der Waals surface area contributed by atoms with E-state index in [2.05, 4.69) is 17.0 Å². The van der Waals surface area contributed by atoms with Crippen molar-refractivity contribution in [2.24, 2.45) is 5.41 Å². The van der Waals surface area contributed by atoms with Gasteiger partial charge in [0.2, 0.25) is 10.0 Å². The third kappa shape index (κ3) is 3.53. The molecular weight excluding hydrogens is 314 g/mol. The predicted molar refractivity (Wildman–Crippen MR) is 82.3 cm³/mol. The largest absolute Gasteiger partial charge is 0.374 e. The first kappa shape index (κ1) is 16.2. The molecule has 0 unspecified atom stereocenters. The van der Waals surface area contributed by atoms with Gasteiger partial charge in [0, 0.05) is 19.7 Å². The second-order valence-electron chi connectivity index (χ2n) is 5.36. The SMILES string of the molecule is CCCC1(CNS(=O)(=O)c2cc([N+](=O)[O-])c(NC)s2)CC1. The molecule has 1 aromatic rings. The Labute approximate surface area is 127 Å². The second-order valence-corrected chi connectivity index (χ2v) is 8.41. The van der Waals surface area contributed by atoms with Gasteiger partial charge in [-0.15, -0.1) is 0 Å². The summed E-state index contributed by atoms with van der Waals surface area (Å²) in [6.07, 6.45) is 4.10. The quantitative estimate of drug-likeness (QED) is 0.562. The molecular formula is C12H19N3O4S2. The minimum atomic E-state index is -3.69.